The number of methoxy groups -OCH3 is 1. The molecule has 0 aliphatic carbocycles. The molecule has 2 unspecified atom stereocenters. The summed E-state index contributed by atoms with van der Waals surface area (Å²) in [6.45, 7) is 0.634. The third kappa shape index (κ3) is 3.39. The zero-order chi connectivity index (χ0) is 15.4. The molecule has 1 aliphatic rings. The molecule has 1 fully saturated rings. The molecule has 6 heteroatoms. The molecule has 0 spiro atoms. The molecule has 0 saturated carbocycles. The van der Waals surface area contributed by atoms with Gasteiger partial charge < -0.3 is 15.4 Å². The topological polar surface area (TPSA) is 55.6 Å². The van der Waals surface area contributed by atoms with E-state index in [1.54, 1.807) is 0 Å². The molecule has 0 aromatic heterocycles. The molecule has 2 N–H and O–H groups in total. The van der Waals surface area contributed by atoms with Crippen LogP contribution in [-0.2, 0) is 9.53 Å². The first-order chi connectivity index (χ1) is 10.1. The zero-order valence-electron chi connectivity index (χ0n) is 12.0. The Balaban J connectivity index is 2.41. The predicted molar refractivity (Wildman–Crippen MR) is 74.5 cm³/mol. The van der Waals surface area contributed by atoms with Crippen LogP contribution in [0.1, 0.15) is 30.9 Å². The lowest BCUT2D eigenvalue weighted by molar-refractivity contribution is -0.134. The molecule has 116 valence electrons. The summed E-state index contributed by atoms with van der Waals surface area (Å²) in [4.78, 5) is 13.8. The Bertz CT molecular complexity index is 510. The van der Waals surface area contributed by atoms with Crippen molar-refractivity contribution in [2.45, 2.75) is 31.3 Å². The van der Waals surface area contributed by atoms with Gasteiger partial charge in [0.1, 0.15) is 0 Å². The second kappa shape index (κ2) is 6.95. The van der Waals surface area contributed by atoms with Gasteiger partial charge in [0, 0.05) is 31.7 Å². The average Bonchev–Trinajstić information content (AvgIpc) is 2.59. The SMILES string of the molecule is COCCN1C(=O)CCCC(N)C1c1cccc(F)c1F. The van der Waals surface area contributed by atoms with Crippen molar-refractivity contribution >= 4 is 5.91 Å². The van der Waals surface area contributed by atoms with Crippen LogP contribution in [-0.4, -0.2) is 37.1 Å². The summed E-state index contributed by atoms with van der Waals surface area (Å²) in [5.41, 5.74) is 6.26. The second-order valence-electron chi connectivity index (χ2n) is 5.22. The summed E-state index contributed by atoms with van der Waals surface area (Å²) in [5.74, 6) is -1.97. The highest BCUT2D eigenvalue weighted by molar-refractivity contribution is 5.77. The molecule has 1 aromatic rings. The van der Waals surface area contributed by atoms with Crippen molar-refractivity contribution in [3.63, 3.8) is 0 Å². The summed E-state index contributed by atoms with van der Waals surface area (Å²) in [6, 6.07) is 2.89. The van der Waals surface area contributed by atoms with Crippen molar-refractivity contribution in [2.24, 2.45) is 5.73 Å². The number of benzene rings is 1. The third-order valence-electron chi connectivity index (χ3n) is 3.83. The smallest absolute Gasteiger partial charge is 0.223 e. The fourth-order valence-electron chi connectivity index (χ4n) is 2.78. The van der Waals surface area contributed by atoms with Crippen LogP contribution in [0.3, 0.4) is 0 Å². The van der Waals surface area contributed by atoms with Crippen molar-refractivity contribution in [3.8, 4) is 0 Å². The Morgan fingerprint density at radius 2 is 2.19 bits per heavy atom. The van der Waals surface area contributed by atoms with Crippen molar-refractivity contribution < 1.29 is 18.3 Å². The Morgan fingerprint density at radius 1 is 1.43 bits per heavy atom. The fraction of sp³-hybridized carbons (Fsp3) is 0.533. The number of nitrogens with two attached hydrogens (primary N) is 1. The maximum absolute atomic E-state index is 14.1. The van der Waals surface area contributed by atoms with E-state index in [-0.39, 0.29) is 11.5 Å². The van der Waals surface area contributed by atoms with E-state index in [1.165, 1.54) is 24.1 Å². The first-order valence-corrected chi connectivity index (χ1v) is 7.04. The quantitative estimate of drug-likeness (QED) is 0.925. The van der Waals surface area contributed by atoms with Crippen molar-refractivity contribution in [2.75, 3.05) is 20.3 Å². The first-order valence-electron chi connectivity index (χ1n) is 7.04. The lowest BCUT2D eigenvalue weighted by atomic mass is 9.95. The van der Waals surface area contributed by atoms with Gasteiger partial charge in [0.05, 0.1) is 12.6 Å². The van der Waals surface area contributed by atoms with Crippen LogP contribution >= 0.6 is 0 Å². The van der Waals surface area contributed by atoms with Gasteiger partial charge in [-0.1, -0.05) is 12.1 Å². The summed E-state index contributed by atoms with van der Waals surface area (Å²) < 4.78 is 32.6. The van der Waals surface area contributed by atoms with E-state index < -0.39 is 23.7 Å². The van der Waals surface area contributed by atoms with Crippen LogP contribution in [0.5, 0.6) is 0 Å². The van der Waals surface area contributed by atoms with Gasteiger partial charge in [-0.25, -0.2) is 8.78 Å². The average molecular weight is 298 g/mol. The molecule has 1 saturated heterocycles. The van der Waals surface area contributed by atoms with Gasteiger partial charge >= 0.3 is 0 Å². The minimum atomic E-state index is -0.935. The van der Waals surface area contributed by atoms with Crippen LogP contribution in [0.15, 0.2) is 18.2 Å². The van der Waals surface area contributed by atoms with Crippen molar-refractivity contribution in [1.82, 2.24) is 4.90 Å². The highest BCUT2D eigenvalue weighted by Crippen LogP contribution is 2.32. The number of carbonyl (C=O) groups excluding carboxylic acids is 1. The van der Waals surface area contributed by atoms with Gasteiger partial charge in [-0.3, -0.25) is 4.79 Å². The van der Waals surface area contributed by atoms with Crippen molar-refractivity contribution in [3.05, 3.63) is 35.4 Å². The van der Waals surface area contributed by atoms with Crippen LogP contribution in [0.25, 0.3) is 0 Å². The number of ether oxygens (including phenoxy) is 1. The molecule has 2 rings (SSSR count). The molecule has 4 nitrogen and oxygen atoms in total. The molecular formula is C15H20F2N2O2. The summed E-state index contributed by atoms with van der Waals surface area (Å²) in [7, 11) is 1.53. The molecule has 1 amide bonds. The minimum absolute atomic E-state index is 0.103. The van der Waals surface area contributed by atoms with Crippen LogP contribution in [0.4, 0.5) is 8.78 Å². The van der Waals surface area contributed by atoms with Gasteiger partial charge in [-0.05, 0) is 18.9 Å². The standard InChI is InChI=1S/C15H20F2N2O2/c1-21-9-8-19-13(20)7-3-6-12(18)15(19)10-4-2-5-11(16)14(10)17/h2,4-5,12,15H,3,6-9,18H2,1H3. The molecule has 0 radical (unpaired) electrons. The lowest BCUT2D eigenvalue weighted by Crippen LogP contribution is -2.44. The van der Waals surface area contributed by atoms with E-state index in [2.05, 4.69) is 0 Å². The Morgan fingerprint density at radius 3 is 2.90 bits per heavy atom. The Kier molecular flexibility index (Phi) is 5.25. The lowest BCUT2D eigenvalue weighted by Gasteiger charge is -2.34. The van der Waals surface area contributed by atoms with Crippen LogP contribution in [0.2, 0.25) is 0 Å². The van der Waals surface area contributed by atoms with Gasteiger partial charge in [0.2, 0.25) is 5.91 Å². The maximum Gasteiger partial charge on any atom is 0.223 e. The van der Waals surface area contributed by atoms with Gasteiger partial charge in [0.25, 0.3) is 0 Å². The number of halogens is 2. The Hall–Kier alpha value is -1.53. The van der Waals surface area contributed by atoms with Gasteiger partial charge in [-0.2, -0.15) is 0 Å². The second-order valence-corrected chi connectivity index (χ2v) is 5.22. The highest BCUT2D eigenvalue weighted by Gasteiger charge is 2.34. The van der Waals surface area contributed by atoms with E-state index in [0.29, 0.717) is 32.4 Å². The summed E-state index contributed by atoms with van der Waals surface area (Å²) in [6.07, 6.45) is 1.61. The monoisotopic (exact) mass is 298 g/mol. The van der Waals surface area contributed by atoms with Crippen molar-refractivity contribution in [1.29, 1.82) is 0 Å². The van der Waals surface area contributed by atoms with Gasteiger partial charge in [0.15, 0.2) is 11.6 Å². The normalized spacial score (nSPS) is 23.2. The summed E-state index contributed by atoms with van der Waals surface area (Å²) in [5, 5.41) is 0. The Labute approximate surface area is 122 Å². The molecule has 0 bridgehead atoms. The number of likely N-dealkylation sites (tertiary alicyclic amines) is 1. The molecular weight excluding hydrogens is 278 g/mol. The molecule has 1 aromatic carbocycles. The van der Waals surface area contributed by atoms with Crippen LogP contribution in [0, 0.1) is 11.6 Å². The predicted octanol–water partition coefficient (Wildman–Crippen LogP) is 1.99. The fourth-order valence-corrected chi connectivity index (χ4v) is 2.78. The largest absolute Gasteiger partial charge is 0.383 e. The van der Waals surface area contributed by atoms with E-state index in [1.807, 2.05) is 0 Å². The first kappa shape index (κ1) is 15.9. The van der Waals surface area contributed by atoms with Gasteiger partial charge in [-0.15, -0.1) is 0 Å². The summed E-state index contributed by atoms with van der Waals surface area (Å²) >= 11 is 0. The minimum Gasteiger partial charge on any atom is -0.383 e. The number of carbonyl (C=O) groups is 1. The highest BCUT2D eigenvalue weighted by atomic mass is 19.2. The van der Waals surface area contributed by atoms with E-state index >= 15 is 0 Å². The number of amides is 1. The number of rotatable bonds is 4. The third-order valence-corrected chi connectivity index (χ3v) is 3.83. The van der Waals surface area contributed by atoms with E-state index in [4.69, 9.17) is 10.5 Å². The maximum atomic E-state index is 14.1. The molecule has 21 heavy (non-hydrogen) atoms. The molecule has 1 aliphatic heterocycles. The van der Waals surface area contributed by atoms with E-state index in [9.17, 15) is 13.6 Å². The number of hydrogen-bond acceptors (Lipinski definition) is 3. The van der Waals surface area contributed by atoms with E-state index in [0.717, 1.165) is 6.07 Å². The van der Waals surface area contributed by atoms with Crippen LogP contribution < -0.4 is 5.73 Å². The molecule has 1 heterocycles. The molecule has 2 atom stereocenters. The zero-order valence-corrected chi connectivity index (χ0v) is 12.0. The number of hydrogen-bond donors (Lipinski definition) is 1. The number of nitrogens with zero attached hydrogens (tertiary/aromatic N) is 1.